The molecule has 0 saturated carbocycles. The van der Waals surface area contributed by atoms with Crippen LogP contribution in [0.15, 0.2) is 47.4 Å². The van der Waals surface area contributed by atoms with Gasteiger partial charge in [-0.25, -0.2) is 22.3 Å². The van der Waals surface area contributed by atoms with Crippen molar-refractivity contribution in [2.24, 2.45) is 12.8 Å². The van der Waals surface area contributed by atoms with Crippen molar-refractivity contribution < 1.29 is 22.4 Å². The average Bonchev–Trinajstić information content (AvgIpc) is 2.95. The number of rotatable bonds is 4. The molecule has 3 aromatic rings. The molecule has 11 heteroatoms. The summed E-state index contributed by atoms with van der Waals surface area (Å²) in [5.41, 5.74) is 5.79. The minimum absolute atomic E-state index is 0.0496. The highest BCUT2D eigenvalue weighted by atomic mass is 35.5. The second-order valence-corrected chi connectivity index (χ2v) is 7.92. The summed E-state index contributed by atoms with van der Waals surface area (Å²) in [5.74, 6) is -1.15. The molecule has 8 nitrogen and oxygen atoms in total. The lowest BCUT2D eigenvalue weighted by Gasteiger charge is -2.08. The summed E-state index contributed by atoms with van der Waals surface area (Å²) in [6, 6.07) is 8.25. The minimum atomic E-state index is -4.09. The lowest BCUT2D eigenvalue weighted by Crippen LogP contribution is -2.34. The first-order valence-electron chi connectivity index (χ1n) is 7.77. The number of nitrogens with two attached hydrogens (primary N) is 1. The third-order valence-electron chi connectivity index (χ3n) is 4.00. The molecule has 1 heterocycles. The van der Waals surface area contributed by atoms with Crippen LogP contribution in [0.5, 0.6) is 0 Å². The lowest BCUT2D eigenvalue weighted by atomic mass is 10.2. The quantitative estimate of drug-likeness (QED) is 0.595. The van der Waals surface area contributed by atoms with Crippen LogP contribution in [0.4, 0.5) is 14.9 Å². The number of nitrogens with one attached hydrogen (secondary N) is 2. The maximum absolute atomic E-state index is 14.2. The van der Waals surface area contributed by atoms with Crippen molar-refractivity contribution in [2.45, 2.75) is 4.90 Å². The number of hydrogen-bond acceptors (Lipinski definition) is 4. The number of urea groups is 1. The summed E-state index contributed by atoms with van der Waals surface area (Å²) < 4.78 is 41.0. The van der Waals surface area contributed by atoms with Gasteiger partial charge in [-0.2, -0.15) is 0 Å². The number of aryl methyl sites for hydroxylation is 1. The van der Waals surface area contributed by atoms with E-state index in [0.29, 0.717) is 11.2 Å². The molecular weight excluding hydrogens is 411 g/mol. The van der Waals surface area contributed by atoms with Gasteiger partial charge in [0, 0.05) is 18.1 Å². The summed E-state index contributed by atoms with van der Waals surface area (Å²) in [6.45, 7) is 0. The summed E-state index contributed by atoms with van der Waals surface area (Å²) in [5, 5.41) is 2.75. The number of amides is 3. The fourth-order valence-corrected chi connectivity index (χ4v) is 3.71. The molecule has 0 atom stereocenters. The largest absolute Gasteiger partial charge is 0.351 e. The summed E-state index contributed by atoms with van der Waals surface area (Å²) in [7, 11) is -2.48. The third-order valence-corrected chi connectivity index (χ3v) is 5.66. The molecule has 0 bridgehead atoms. The van der Waals surface area contributed by atoms with Crippen LogP contribution in [0.2, 0.25) is 5.02 Å². The monoisotopic (exact) mass is 424 g/mol. The predicted octanol–water partition coefficient (Wildman–Crippen LogP) is 2.58. The SMILES string of the molecule is Cn1c(C(=O)Nc2ccc(S(=O)(=O)NC(N)=O)cc2)cc2c(F)c(Cl)ccc21. The van der Waals surface area contributed by atoms with Crippen molar-refractivity contribution >= 4 is 50.2 Å². The van der Waals surface area contributed by atoms with E-state index in [0.717, 1.165) is 0 Å². The zero-order valence-corrected chi connectivity index (χ0v) is 15.9. The Morgan fingerprint density at radius 2 is 1.79 bits per heavy atom. The second-order valence-electron chi connectivity index (χ2n) is 5.83. The van der Waals surface area contributed by atoms with Gasteiger partial charge in [0.2, 0.25) is 0 Å². The standard InChI is InChI=1S/C17H14ClFN4O4S/c1-23-13-7-6-12(18)15(19)11(13)8-14(23)16(24)21-9-2-4-10(5-3-9)28(26,27)22-17(20)25/h2-8H,1H3,(H,21,24)(H3,20,22,25). The number of carbonyl (C=O) groups is 2. The Morgan fingerprint density at radius 3 is 2.39 bits per heavy atom. The van der Waals surface area contributed by atoms with E-state index in [1.54, 1.807) is 17.8 Å². The van der Waals surface area contributed by atoms with E-state index in [-0.39, 0.29) is 21.0 Å². The second kappa shape index (κ2) is 7.13. The number of halogens is 2. The molecule has 1 aromatic heterocycles. The van der Waals surface area contributed by atoms with Gasteiger partial charge in [0.05, 0.1) is 15.4 Å². The molecule has 0 unspecified atom stereocenters. The van der Waals surface area contributed by atoms with E-state index < -0.39 is 27.8 Å². The van der Waals surface area contributed by atoms with Crippen LogP contribution in [0, 0.1) is 5.82 Å². The Kier molecular flexibility index (Phi) is 5.01. The molecule has 146 valence electrons. The Morgan fingerprint density at radius 1 is 1.14 bits per heavy atom. The highest BCUT2D eigenvalue weighted by Crippen LogP contribution is 2.27. The molecule has 0 saturated heterocycles. The van der Waals surface area contributed by atoms with Gasteiger partial charge >= 0.3 is 6.03 Å². The van der Waals surface area contributed by atoms with Gasteiger partial charge in [0.15, 0.2) is 5.82 Å². The first-order valence-corrected chi connectivity index (χ1v) is 9.63. The molecule has 3 rings (SSSR count). The Labute approximate surface area is 164 Å². The van der Waals surface area contributed by atoms with E-state index in [4.69, 9.17) is 17.3 Å². The fourth-order valence-electron chi connectivity index (χ4n) is 2.67. The van der Waals surface area contributed by atoms with Gasteiger partial charge < -0.3 is 15.6 Å². The van der Waals surface area contributed by atoms with Crippen molar-refractivity contribution in [1.82, 2.24) is 9.29 Å². The smallest absolute Gasteiger partial charge is 0.326 e. The highest BCUT2D eigenvalue weighted by Gasteiger charge is 2.18. The summed E-state index contributed by atoms with van der Waals surface area (Å²) in [6.07, 6.45) is 0. The summed E-state index contributed by atoms with van der Waals surface area (Å²) >= 11 is 5.77. The Balaban J connectivity index is 1.86. The van der Waals surface area contributed by atoms with Crippen LogP contribution >= 0.6 is 11.6 Å². The van der Waals surface area contributed by atoms with Gasteiger partial charge in [0.25, 0.3) is 15.9 Å². The van der Waals surface area contributed by atoms with Gasteiger partial charge in [-0.05, 0) is 42.5 Å². The molecule has 0 fully saturated rings. The first kappa shape index (κ1) is 19.6. The van der Waals surface area contributed by atoms with Crippen molar-refractivity contribution in [3.05, 3.63) is 59.0 Å². The van der Waals surface area contributed by atoms with E-state index in [1.165, 1.54) is 41.0 Å². The first-order chi connectivity index (χ1) is 13.1. The van der Waals surface area contributed by atoms with Gasteiger partial charge in [0.1, 0.15) is 5.69 Å². The number of sulfonamides is 1. The number of fused-ring (bicyclic) bond motifs is 1. The minimum Gasteiger partial charge on any atom is -0.351 e. The number of carbonyl (C=O) groups excluding carboxylic acids is 2. The number of anilines is 1. The number of nitrogens with zero attached hydrogens (tertiary/aromatic N) is 1. The fraction of sp³-hybridized carbons (Fsp3) is 0.0588. The molecule has 0 radical (unpaired) electrons. The Bertz CT molecular complexity index is 1210. The molecule has 0 aliphatic carbocycles. The van der Waals surface area contributed by atoms with Crippen molar-refractivity contribution in [3.63, 3.8) is 0 Å². The number of primary amides is 1. The van der Waals surface area contributed by atoms with Crippen LogP contribution in [-0.4, -0.2) is 24.9 Å². The third kappa shape index (κ3) is 3.64. The van der Waals surface area contributed by atoms with Crippen molar-refractivity contribution in [3.8, 4) is 0 Å². The van der Waals surface area contributed by atoms with Crippen LogP contribution in [-0.2, 0) is 17.1 Å². The molecule has 2 aromatic carbocycles. The van der Waals surface area contributed by atoms with Crippen molar-refractivity contribution in [2.75, 3.05) is 5.32 Å². The maximum Gasteiger partial charge on any atom is 0.326 e. The Hall–Kier alpha value is -3.11. The average molecular weight is 425 g/mol. The van der Waals surface area contributed by atoms with Gasteiger partial charge in [-0.1, -0.05) is 11.6 Å². The van der Waals surface area contributed by atoms with Crippen LogP contribution < -0.4 is 15.8 Å². The van der Waals surface area contributed by atoms with Crippen LogP contribution in [0.25, 0.3) is 10.9 Å². The van der Waals surface area contributed by atoms with E-state index in [2.05, 4.69) is 5.32 Å². The van der Waals surface area contributed by atoms with Crippen LogP contribution in [0.3, 0.4) is 0 Å². The highest BCUT2D eigenvalue weighted by molar-refractivity contribution is 7.90. The lowest BCUT2D eigenvalue weighted by molar-refractivity contribution is 0.101. The van der Waals surface area contributed by atoms with E-state index in [1.807, 2.05) is 0 Å². The molecule has 3 amide bonds. The molecular formula is C17H14ClFN4O4S. The van der Waals surface area contributed by atoms with E-state index >= 15 is 0 Å². The topological polar surface area (TPSA) is 123 Å². The molecule has 0 spiro atoms. The number of benzene rings is 2. The zero-order chi connectivity index (χ0) is 20.6. The maximum atomic E-state index is 14.2. The molecule has 4 N–H and O–H groups in total. The van der Waals surface area contributed by atoms with Crippen molar-refractivity contribution in [1.29, 1.82) is 0 Å². The number of aromatic nitrogens is 1. The molecule has 0 aliphatic rings. The summed E-state index contributed by atoms with van der Waals surface area (Å²) in [4.78, 5) is 23.1. The van der Waals surface area contributed by atoms with Crippen LogP contribution in [0.1, 0.15) is 10.5 Å². The van der Waals surface area contributed by atoms with Gasteiger partial charge in [-0.15, -0.1) is 0 Å². The normalized spacial score (nSPS) is 11.4. The van der Waals surface area contributed by atoms with E-state index in [9.17, 15) is 22.4 Å². The van der Waals surface area contributed by atoms with Gasteiger partial charge in [-0.3, -0.25) is 4.79 Å². The zero-order valence-electron chi connectivity index (χ0n) is 14.4. The molecule has 28 heavy (non-hydrogen) atoms. The number of hydrogen-bond donors (Lipinski definition) is 3. The predicted molar refractivity (Wildman–Crippen MR) is 102 cm³/mol. The molecule has 0 aliphatic heterocycles.